The highest BCUT2D eigenvalue weighted by Crippen LogP contribution is 2.35. The highest BCUT2D eigenvalue weighted by Gasteiger charge is 2.14. The number of ether oxygens (including phenoxy) is 2. The lowest BCUT2D eigenvalue weighted by Crippen LogP contribution is -1.99. The molecule has 0 spiro atoms. The van der Waals surface area contributed by atoms with Crippen molar-refractivity contribution in [1.29, 1.82) is 0 Å². The van der Waals surface area contributed by atoms with E-state index < -0.39 is 11.9 Å². The fourth-order valence-corrected chi connectivity index (χ4v) is 1.95. The molecule has 0 bridgehead atoms. The molecule has 2 aromatic carbocycles. The second-order valence-electron chi connectivity index (χ2n) is 4.60. The molecule has 2 rings (SSSR count). The fraction of sp³-hybridized carbons (Fsp3) is 0.250. The number of aliphatic hydroxyl groups excluding tert-OH is 2. The molecule has 0 aliphatic heterocycles. The summed E-state index contributed by atoms with van der Waals surface area (Å²) in [7, 11) is 1.49. The predicted octanol–water partition coefficient (Wildman–Crippen LogP) is 3.17. The van der Waals surface area contributed by atoms with Crippen LogP contribution in [0.4, 0.5) is 4.39 Å². The minimum Gasteiger partial charge on any atom is -0.493 e. The van der Waals surface area contributed by atoms with Crippen LogP contribution in [0.2, 0.25) is 0 Å². The maximum atomic E-state index is 13.3. The molecule has 1 atom stereocenters. The molecular formula is C16H17FO4. The molecule has 0 saturated heterocycles. The topological polar surface area (TPSA) is 58.9 Å². The van der Waals surface area contributed by atoms with Crippen molar-refractivity contribution in [3.63, 3.8) is 0 Å². The molecule has 0 fully saturated rings. The zero-order valence-corrected chi connectivity index (χ0v) is 11.8. The summed E-state index contributed by atoms with van der Waals surface area (Å²) in [6.45, 7) is 1.43. The van der Waals surface area contributed by atoms with Gasteiger partial charge in [-0.1, -0.05) is 6.07 Å². The molecular weight excluding hydrogens is 275 g/mol. The van der Waals surface area contributed by atoms with Crippen LogP contribution in [-0.4, -0.2) is 17.3 Å². The van der Waals surface area contributed by atoms with Gasteiger partial charge in [-0.05, 0) is 42.8 Å². The summed E-state index contributed by atoms with van der Waals surface area (Å²) in [6.07, 6.45) is -0.863. The molecule has 0 aliphatic rings. The van der Waals surface area contributed by atoms with Gasteiger partial charge < -0.3 is 19.7 Å². The Morgan fingerprint density at radius 1 is 1.10 bits per heavy atom. The first-order valence-corrected chi connectivity index (χ1v) is 6.48. The lowest BCUT2D eigenvalue weighted by molar-refractivity contribution is 0.195. The number of hydrogen-bond acceptors (Lipinski definition) is 4. The van der Waals surface area contributed by atoms with Crippen molar-refractivity contribution in [2.45, 2.75) is 19.6 Å². The maximum Gasteiger partial charge on any atom is 0.169 e. The smallest absolute Gasteiger partial charge is 0.169 e. The van der Waals surface area contributed by atoms with Crippen LogP contribution in [0.1, 0.15) is 24.2 Å². The van der Waals surface area contributed by atoms with Crippen molar-refractivity contribution in [3.05, 3.63) is 53.3 Å². The van der Waals surface area contributed by atoms with Crippen molar-refractivity contribution < 1.29 is 24.1 Å². The van der Waals surface area contributed by atoms with Gasteiger partial charge in [-0.3, -0.25) is 0 Å². The van der Waals surface area contributed by atoms with Crippen LogP contribution in [0.25, 0.3) is 0 Å². The first kappa shape index (κ1) is 15.3. The van der Waals surface area contributed by atoms with Gasteiger partial charge >= 0.3 is 0 Å². The van der Waals surface area contributed by atoms with E-state index in [-0.39, 0.29) is 6.61 Å². The number of aliphatic hydroxyl groups is 2. The van der Waals surface area contributed by atoms with Crippen LogP contribution in [0.5, 0.6) is 17.2 Å². The van der Waals surface area contributed by atoms with Crippen molar-refractivity contribution in [2.24, 2.45) is 0 Å². The Morgan fingerprint density at radius 3 is 2.43 bits per heavy atom. The normalized spacial score (nSPS) is 12.0. The summed E-state index contributed by atoms with van der Waals surface area (Å²) < 4.78 is 24.2. The van der Waals surface area contributed by atoms with Crippen molar-refractivity contribution in [3.8, 4) is 17.2 Å². The minimum atomic E-state index is -0.863. The third-order valence-corrected chi connectivity index (χ3v) is 3.05. The van der Waals surface area contributed by atoms with Gasteiger partial charge in [0.1, 0.15) is 11.6 Å². The quantitative estimate of drug-likeness (QED) is 0.888. The molecule has 2 aromatic rings. The predicted molar refractivity (Wildman–Crippen MR) is 76.0 cm³/mol. The third-order valence-electron chi connectivity index (χ3n) is 3.05. The van der Waals surface area contributed by atoms with E-state index in [4.69, 9.17) is 14.6 Å². The van der Waals surface area contributed by atoms with Crippen molar-refractivity contribution in [2.75, 3.05) is 7.11 Å². The van der Waals surface area contributed by atoms with Gasteiger partial charge in [0, 0.05) is 5.56 Å². The molecule has 0 amide bonds. The van der Waals surface area contributed by atoms with Gasteiger partial charge in [0.05, 0.1) is 19.8 Å². The zero-order valence-electron chi connectivity index (χ0n) is 11.8. The number of halogens is 1. The molecule has 4 nitrogen and oxygen atoms in total. The Bertz CT molecular complexity index is 626. The monoisotopic (exact) mass is 292 g/mol. The summed E-state index contributed by atoms with van der Waals surface area (Å²) >= 11 is 0. The van der Waals surface area contributed by atoms with Crippen LogP contribution < -0.4 is 9.47 Å². The Labute approximate surface area is 122 Å². The molecule has 0 radical (unpaired) electrons. The second kappa shape index (κ2) is 6.56. The van der Waals surface area contributed by atoms with E-state index in [1.807, 2.05) is 0 Å². The van der Waals surface area contributed by atoms with E-state index >= 15 is 0 Å². The average Bonchev–Trinajstić information content (AvgIpc) is 2.49. The lowest BCUT2D eigenvalue weighted by atomic mass is 10.1. The van der Waals surface area contributed by atoms with Gasteiger partial charge in [0.15, 0.2) is 11.5 Å². The van der Waals surface area contributed by atoms with E-state index in [9.17, 15) is 9.50 Å². The Balaban J connectivity index is 2.38. The van der Waals surface area contributed by atoms with E-state index in [1.165, 1.54) is 32.2 Å². The molecule has 2 N–H and O–H groups in total. The maximum absolute atomic E-state index is 13.3. The molecule has 0 aliphatic carbocycles. The zero-order chi connectivity index (χ0) is 15.4. The molecule has 0 heterocycles. The molecule has 5 heteroatoms. The summed E-state index contributed by atoms with van der Waals surface area (Å²) in [5.74, 6) is 0.771. The third kappa shape index (κ3) is 3.51. The fourth-order valence-electron chi connectivity index (χ4n) is 1.95. The molecule has 0 aromatic heterocycles. The number of rotatable bonds is 5. The van der Waals surface area contributed by atoms with Crippen LogP contribution in [0, 0.1) is 5.82 Å². The number of methoxy groups -OCH3 is 1. The van der Waals surface area contributed by atoms with E-state index in [1.54, 1.807) is 18.2 Å². The van der Waals surface area contributed by atoms with Crippen LogP contribution in [-0.2, 0) is 6.61 Å². The number of benzene rings is 2. The minimum absolute atomic E-state index is 0.105. The summed E-state index contributed by atoms with van der Waals surface area (Å²) in [5, 5.41) is 18.8. The summed E-state index contributed by atoms with van der Waals surface area (Å²) in [5.41, 5.74) is 1.04. The molecule has 21 heavy (non-hydrogen) atoms. The van der Waals surface area contributed by atoms with E-state index in [0.717, 1.165) is 0 Å². The van der Waals surface area contributed by atoms with Gasteiger partial charge in [0.2, 0.25) is 0 Å². The van der Waals surface area contributed by atoms with E-state index in [0.29, 0.717) is 28.4 Å². The highest BCUT2D eigenvalue weighted by atomic mass is 19.1. The number of hydrogen-bond donors (Lipinski definition) is 2. The first-order valence-electron chi connectivity index (χ1n) is 6.48. The van der Waals surface area contributed by atoms with Gasteiger partial charge in [-0.15, -0.1) is 0 Å². The van der Waals surface area contributed by atoms with Gasteiger partial charge in [-0.2, -0.15) is 0 Å². The van der Waals surface area contributed by atoms with Gasteiger partial charge in [-0.25, -0.2) is 4.39 Å². The largest absolute Gasteiger partial charge is 0.493 e. The second-order valence-corrected chi connectivity index (χ2v) is 4.60. The lowest BCUT2D eigenvalue weighted by Gasteiger charge is -2.15. The summed E-state index contributed by atoms with van der Waals surface area (Å²) in [4.78, 5) is 0. The Hall–Kier alpha value is -2.11. The van der Waals surface area contributed by atoms with Crippen LogP contribution >= 0.6 is 0 Å². The van der Waals surface area contributed by atoms with E-state index in [2.05, 4.69) is 0 Å². The van der Waals surface area contributed by atoms with Gasteiger partial charge in [0.25, 0.3) is 0 Å². The van der Waals surface area contributed by atoms with Crippen LogP contribution in [0.15, 0.2) is 36.4 Å². The summed E-state index contributed by atoms with van der Waals surface area (Å²) in [6, 6.07) is 8.95. The highest BCUT2D eigenvalue weighted by molar-refractivity contribution is 5.47. The van der Waals surface area contributed by atoms with Crippen molar-refractivity contribution >= 4 is 0 Å². The molecule has 0 saturated carbocycles. The standard InChI is InChI=1S/C16H17FO4/c1-10(19)13-8-12(17)4-6-14(13)21-15-5-3-11(9-18)7-16(15)20-2/h3-8,10,18-19H,9H2,1-2H3. The SMILES string of the molecule is COc1cc(CO)ccc1Oc1ccc(F)cc1C(C)O. The van der Waals surface area contributed by atoms with Crippen LogP contribution in [0.3, 0.4) is 0 Å². The molecule has 112 valence electrons. The Morgan fingerprint density at radius 2 is 1.81 bits per heavy atom. The average molecular weight is 292 g/mol. The van der Waals surface area contributed by atoms with Crippen molar-refractivity contribution in [1.82, 2.24) is 0 Å². The first-order chi connectivity index (χ1) is 10.0. The molecule has 1 unspecified atom stereocenters. The Kier molecular flexibility index (Phi) is 4.77.